The van der Waals surface area contributed by atoms with E-state index in [0.717, 1.165) is 34.8 Å². The van der Waals surface area contributed by atoms with Gasteiger partial charge in [0.25, 0.3) is 0 Å². The molecule has 0 radical (unpaired) electrons. The number of hydrogen-bond donors (Lipinski definition) is 0. The van der Waals surface area contributed by atoms with Gasteiger partial charge in [-0.05, 0) is 24.1 Å². The third-order valence-electron chi connectivity index (χ3n) is 3.70. The first-order valence-electron chi connectivity index (χ1n) is 6.90. The minimum Gasteiger partial charge on any atom is -0.328 e. The molecule has 0 bridgehead atoms. The summed E-state index contributed by atoms with van der Waals surface area (Å²) in [4.78, 5) is 4.69. The van der Waals surface area contributed by atoms with E-state index in [1.54, 1.807) is 0 Å². The van der Waals surface area contributed by atoms with Crippen molar-refractivity contribution >= 4 is 34.2 Å². The van der Waals surface area contributed by atoms with Crippen molar-refractivity contribution in [3.05, 3.63) is 29.0 Å². The highest BCUT2D eigenvalue weighted by atomic mass is 35.5. The highest BCUT2D eigenvalue weighted by Crippen LogP contribution is 2.23. The van der Waals surface area contributed by atoms with Gasteiger partial charge in [0.05, 0.1) is 11.0 Å². The largest absolute Gasteiger partial charge is 0.328 e. The topological polar surface area (TPSA) is 17.8 Å². The van der Waals surface area contributed by atoms with Crippen molar-refractivity contribution in [2.24, 2.45) is 5.92 Å². The molecule has 0 fully saturated rings. The van der Waals surface area contributed by atoms with Gasteiger partial charge in [0.15, 0.2) is 0 Å². The van der Waals surface area contributed by atoms with Crippen molar-refractivity contribution in [2.45, 2.75) is 39.7 Å². The molecule has 0 atom stereocenters. The number of benzene rings is 1. The Morgan fingerprint density at radius 1 is 1.26 bits per heavy atom. The van der Waals surface area contributed by atoms with Crippen LogP contribution >= 0.6 is 23.2 Å². The molecule has 0 unspecified atom stereocenters. The lowest BCUT2D eigenvalue weighted by Gasteiger charge is -2.16. The molecular weight excluding hydrogens is 279 g/mol. The molecule has 104 valence electrons. The van der Waals surface area contributed by atoms with Crippen LogP contribution in [0.2, 0.25) is 5.02 Å². The van der Waals surface area contributed by atoms with Gasteiger partial charge in [0.2, 0.25) is 0 Å². The van der Waals surface area contributed by atoms with E-state index in [2.05, 4.69) is 23.4 Å². The molecule has 0 aliphatic heterocycles. The number of alkyl halides is 1. The maximum Gasteiger partial charge on any atom is 0.111 e. The predicted molar refractivity (Wildman–Crippen MR) is 83.2 cm³/mol. The fourth-order valence-corrected chi connectivity index (χ4v) is 2.77. The molecule has 0 aliphatic carbocycles. The van der Waals surface area contributed by atoms with Gasteiger partial charge in [-0.2, -0.15) is 0 Å². The Kier molecular flexibility index (Phi) is 5.12. The Morgan fingerprint density at radius 2 is 2.00 bits per heavy atom. The SMILES string of the molecule is CCC(CC)Cn1c(CCCl)nc2ccc(Cl)cc21. The van der Waals surface area contributed by atoms with Crippen LogP contribution in [0.4, 0.5) is 0 Å². The first-order chi connectivity index (χ1) is 9.19. The van der Waals surface area contributed by atoms with Crippen molar-refractivity contribution in [2.75, 3.05) is 5.88 Å². The first-order valence-corrected chi connectivity index (χ1v) is 7.81. The number of rotatable bonds is 6. The van der Waals surface area contributed by atoms with Crippen LogP contribution in [0.1, 0.15) is 32.5 Å². The minimum absolute atomic E-state index is 0.597. The van der Waals surface area contributed by atoms with Gasteiger partial charge in [-0.15, -0.1) is 11.6 Å². The third kappa shape index (κ3) is 3.24. The summed E-state index contributed by atoms with van der Waals surface area (Å²) in [5.74, 6) is 2.34. The molecule has 0 aliphatic rings. The summed E-state index contributed by atoms with van der Waals surface area (Å²) in [6, 6.07) is 5.88. The average Bonchev–Trinajstić information content (AvgIpc) is 2.73. The zero-order chi connectivity index (χ0) is 13.8. The predicted octanol–water partition coefficient (Wildman–Crippen LogP) is 4.91. The van der Waals surface area contributed by atoms with Gasteiger partial charge in [0, 0.05) is 23.9 Å². The van der Waals surface area contributed by atoms with E-state index in [4.69, 9.17) is 23.2 Å². The molecular formula is C15H20Cl2N2. The van der Waals surface area contributed by atoms with Gasteiger partial charge in [-0.3, -0.25) is 0 Å². The van der Waals surface area contributed by atoms with E-state index >= 15 is 0 Å². The van der Waals surface area contributed by atoms with Crippen molar-refractivity contribution in [1.29, 1.82) is 0 Å². The van der Waals surface area contributed by atoms with Gasteiger partial charge in [0.1, 0.15) is 5.82 Å². The maximum atomic E-state index is 6.11. The van der Waals surface area contributed by atoms with E-state index in [-0.39, 0.29) is 0 Å². The zero-order valence-corrected chi connectivity index (χ0v) is 13.0. The molecule has 1 aromatic carbocycles. The molecule has 19 heavy (non-hydrogen) atoms. The normalized spacial score (nSPS) is 11.6. The number of imidazole rings is 1. The fraction of sp³-hybridized carbons (Fsp3) is 0.533. The number of fused-ring (bicyclic) bond motifs is 1. The molecule has 0 spiro atoms. The molecule has 4 heteroatoms. The molecule has 2 rings (SSSR count). The van der Waals surface area contributed by atoms with Crippen molar-refractivity contribution in [3.63, 3.8) is 0 Å². The van der Waals surface area contributed by atoms with Crippen molar-refractivity contribution in [3.8, 4) is 0 Å². The summed E-state index contributed by atoms with van der Waals surface area (Å²) in [5, 5.41) is 0.760. The zero-order valence-electron chi connectivity index (χ0n) is 11.5. The van der Waals surface area contributed by atoms with Crippen LogP contribution < -0.4 is 0 Å². The summed E-state index contributed by atoms with van der Waals surface area (Å²) < 4.78 is 2.29. The lowest BCUT2D eigenvalue weighted by atomic mass is 10.0. The highest BCUT2D eigenvalue weighted by molar-refractivity contribution is 6.31. The van der Waals surface area contributed by atoms with Crippen molar-refractivity contribution in [1.82, 2.24) is 9.55 Å². The lowest BCUT2D eigenvalue weighted by Crippen LogP contribution is -2.12. The summed E-state index contributed by atoms with van der Waals surface area (Å²) in [6.45, 7) is 5.47. The Labute approximate surface area is 124 Å². The Morgan fingerprint density at radius 3 is 2.63 bits per heavy atom. The standard InChI is InChI=1S/C15H20Cl2N2/c1-3-11(4-2)10-19-14-9-12(17)5-6-13(14)18-15(19)7-8-16/h5-6,9,11H,3-4,7-8,10H2,1-2H3. The molecule has 2 nitrogen and oxygen atoms in total. The number of aryl methyl sites for hydroxylation is 1. The lowest BCUT2D eigenvalue weighted by molar-refractivity contribution is 0.417. The quantitative estimate of drug-likeness (QED) is 0.693. The van der Waals surface area contributed by atoms with Crippen LogP contribution in [0.25, 0.3) is 11.0 Å². The van der Waals surface area contributed by atoms with Crippen LogP contribution in [0.5, 0.6) is 0 Å². The second-order valence-electron chi connectivity index (χ2n) is 4.89. The number of hydrogen-bond acceptors (Lipinski definition) is 1. The number of halogens is 2. The first kappa shape index (κ1) is 14.7. The van der Waals surface area contributed by atoms with Crippen LogP contribution in [0.3, 0.4) is 0 Å². The van der Waals surface area contributed by atoms with Gasteiger partial charge in [-0.25, -0.2) is 4.98 Å². The van der Waals surface area contributed by atoms with Crippen molar-refractivity contribution < 1.29 is 0 Å². The Bertz CT molecular complexity index is 544. The Balaban J connectivity index is 2.46. The van der Waals surface area contributed by atoms with Crippen LogP contribution in [-0.2, 0) is 13.0 Å². The van der Waals surface area contributed by atoms with Gasteiger partial charge < -0.3 is 4.57 Å². The van der Waals surface area contributed by atoms with E-state index in [9.17, 15) is 0 Å². The molecule has 0 N–H and O–H groups in total. The molecule has 0 saturated heterocycles. The summed E-state index contributed by atoms with van der Waals surface area (Å²) in [6.07, 6.45) is 3.15. The molecule has 1 aromatic heterocycles. The second kappa shape index (κ2) is 6.62. The van der Waals surface area contributed by atoms with Gasteiger partial charge >= 0.3 is 0 Å². The second-order valence-corrected chi connectivity index (χ2v) is 5.71. The maximum absolute atomic E-state index is 6.11. The number of aromatic nitrogens is 2. The molecule has 0 amide bonds. The van der Waals surface area contributed by atoms with E-state index < -0.39 is 0 Å². The molecule has 1 heterocycles. The highest BCUT2D eigenvalue weighted by Gasteiger charge is 2.14. The summed E-state index contributed by atoms with van der Waals surface area (Å²) in [7, 11) is 0. The van der Waals surface area contributed by atoms with E-state index in [1.165, 1.54) is 12.8 Å². The monoisotopic (exact) mass is 298 g/mol. The molecule has 2 aromatic rings. The summed E-state index contributed by atoms with van der Waals surface area (Å²) in [5.41, 5.74) is 2.13. The van der Waals surface area contributed by atoms with Crippen LogP contribution in [0, 0.1) is 5.92 Å². The van der Waals surface area contributed by atoms with E-state index in [0.29, 0.717) is 11.8 Å². The molecule has 0 saturated carbocycles. The van der Waals surface area contributed by atoms with Crippen LogP contribution in [-0.4, -0.2) is 15.4 Å². The average molecular weight is 299 g/mol. The van der Waals surface area contributed by atoms with Crippen LogP contribution in [0.15, 0.2) is 18.2 Å². The fourth-order valence-electron chi connectivity index (χ4n) is 2.43. The third-order valence-corrected chi connectivity index (χ3v) is 4.13. The Hall–Kier alpha value is -0.730. The number of nitrogens with zero attached hydrogens (tertiary/aromatic N) is 2. The smallest absolute Gasteiger partial charge is 0.111 e. The minimum atomic E-state index is 0.597. The van der Waals surface area contributed by atoms with Gasteiger partial charge in [-0.1, -0.05) is 38.3 Å². The van der Waals surface area contributed by atoms with E-state index in [1.807, 2.05) is 18.2 Å². The summed E-state index contributed by atoms with van der Waals surface area (Å²) >= 11 is 12.0.